The van der Waals surface area contributed by atoms with Crippen LogP contribution in [0.25, 0.3) is 17.0 Å². The number of nitrogens with zero attached hydrogens (tertiary/aromatic N) is 2. The van der Waals surface area contributed by atoms with Crippen molar-refractivity contribution in [2.75, 3.05) is 0 Å². The lowest BCUT2D eigenvalue weighted by Gasteiger charge is -2.24. The van der Waals surface area contributed by atoms with Crippen molar-refractivity contribution >= 4 is 28.8 Å². The summed E-state index contributed by atoms with van der Waals surface area (Å²) in [5.74, 6) is -0.981. The average molecular weight is 360 g/mol. The van der Waals surface area contributed by atoms with Gasteiger partial charge in [-0.05, 0) is 50.3 Å². The maximum atomic E-state index is 13.6. The van der Waals surface area contributed by atoms with E-state index in [-0.39, 0.29) is 17.6 Å². The lowest BCUT2D eigenvalue weighted by molar-refractivity contribution is 0.0595. The number of aromatic nitrogens is 1. The fourth-order valence-corrected chi connectivity index (χ4v) is 3.50. The van der Waals surface area contributed by atoms with Gasteiger partial charge in [-0.3, -0.25) is 14.5 Å². The number of amides is 2. The van der Waals surface area contributed by atoms with Gasteiger partial charge in [-0.1, -0.05) is 18.2 Å². The molecule has 2 heterocycles. The molecule has 5 heteroatoms. The molecular weight excluding hydrogens is 343 g/mol. The van der Waals surface area contributed by atoms with Crippen LogP contribution in [0.4, 0.5) is 4.39 Å². The summed E-state index contributed by atoms with van der Waals surface area (Å²) in [5.41, 5.74) is 2.71. The molecule has 4 nitrogen and oxygen atoms in total. The molecule has 27 heavy (non-hydrogen) atoms. The van der Waals surface area contributed by atoms with Gasteiger partial charge in [0.1, 0.15) is 5.82 Å². The number of benzene rings is 2. The summed E-state index contributed by atoms with van der Waals surface area (Å²) in [7, 11) is 0. The Morgan fingerprint density at radius 1 is 1.04 bits per heavy atom. The first-order valence-electron chi connectivity index (χ1n) is 8.71. The summed E-state index contributed by atoms with van der Waals surface area (Å²) in [5, 5.41) is 0.753. The Morgan fingerprint density at radius 3 is 2.33 bits per heavy atom. The van der Waals surface area contributed by atoms with E-state index in [1.165, 1.54) is 17.0 Å². The van der Waals surface area contributed by atoms with Crippen LogP contribution in [0.3, 0.4) is 0 Å². The average Bonchev–Trinajstić information content (AvgIpc) is 2.92. The Bertz CT molecular complexity index is 1090. The van der Waals surface area contributed by atoms with Crippen molar-refractivity contribution in [1.29, 1.82) is 0 Å². The zero-order valence-corrected chi connectivity index (χ0v) is 14.9. The normalized spacial score (nSPS) is 15.0. The van der Waals surface area contributed by atoms with E-state index in [0.29, 0.717) is 22.3 Å². The first kappa shape index (κ1) is 17.1. The van der Waals surface area contributed by atoms with Crippen LogP contribution < -0.4 is 0 Å². The standard InChI is InChI=1S/C22H17FN2O2/c1-3-6-19-18(11-14-9-10-15(23)12-20(14)24-19)13(2)25-21(26)16-7-4-5-8-17(16)22(25)27/h3-13H,1-2H3/b6-3-/t13-/m0/s1. The maximum absolute atomic E-state index is 13.6. The van der Waals surface area contributed by atoms with Crippen LogP contribution in [0.2, 0.25) is 0 Å². The number of hydrogen-bond acceptors (Lipinski definition) is 3. The molecule has 0 unspecified atom stereocenters. The van der Waals surface area contributed by atoms with E-state index in [4.69, 9.17) is 0 Å². The third-order valence-corrected chi connectivity index (χ3v) is 4.83. The van der Waals surface area contributed by atoms with Gasteiger partial charge in [0.15, 0.2) is 0 Å². The smallest absolute Gasteiger partial charge is 0.262 e. The quantitative estimate of drug-likeness (QED) is 0.633. The molecule has 0 saturated heterocycles. The van der Waals surface area contributed by atoms with E-state index in [0.717, 1.165) is 10.9 Å². The molecule has 0 saturated carbocycles. The van der Waals surface area contributed by atoms with Crippen LogP contribution in [0, 0.1) is 5.82 Å². The zero-order chi connectivity index (χ0) is 19.1. The number of halogens is 1. The Labute approximate surface area is 155 Å². The van der Waals surface area contributed by atoms with E-state index in [1.54, 1.807) is 43.3 Å². The summed E-state index contributed by atoms with van der Waals surface area (Å²) in [6, 6.07) is 12.6. The van der Waals surface area contributed by atoms with Crippen molar-refractivity contribution in [2.45, 2.75) is 19.9 Å². The predicted octanol–water partition coefficient (Wildman–Crippen LogP) is 4.76. The fraction of sp³-hybridized carbons (Fsp3) is 0.136. The molecule has 134 valence electrons. The Kier molecular flexibility index (Phi) is 4.07. The monoisotopic (exact) mass is 360 g/mol. The minimum absolute atomic E-state index is 0.311. The number of hydrogen-bond donors (Lipinski definition) is 0. The first-order chi connectivity index (χ1) is 13.0. The summed E-state index contributed by atoms with van der Waals surface area (Å²) in [6.07, 6.45) is 3.63. The van der Waals surface area contributed by atoms with E-state index in [2.05, 4.69) is 4.98 Å². The molecular formula is C22H17FN2O2. The summed E-state index contributed by atoms with van der Waals surface area (Å²) >= 11 is 0. The van der Waals surface area contributed by atoms with Crippen LogP contribution in [0.1, 0.15) is 51.9 Å². The highest BCUT2D eigenvalue weighted by atomic mass is 19.1. The molecule has 0 bridgehead atoms. The molecule has 2 amide bonds. The van der Waals surface area contributed by atoms with Gasteiger partial charge in [-0.15, -0.1) is 0 Å². The van der Waals surface area contributed by atoms with Gasteiger partial charge in [0.2, 0.25) is 0 Å². The topological polar surface area (TPSA) is 50.3 Å². The second kappa shape index (κ2) is 6.43. The largest absolute Gasteiger partial charge is 0.269 e. The predicted molar refractivity (Wildman–Crippen MR) is 102 cm³/mol. The number of carbonyl (C=O) groups excluding carboxylic acids is 2. The summed E-state index contributed by atoms with van der Waals surface area (Å²) < 4.78 is 13.6. The number of imide groups is 1. The van der Waals surface area contributed by atoms with Gasteiger partial charge in [0.25, 0.3) is 11.8 Å². The molecule has 4 rings (SSSR count). The summed E-state index contributed by atoms with van der Waals surface area (Å²) in [6.45, 7) is 3.66. The molecule has 2 aromatic carbocycles. The van der Waals surface area contributed by atoms with Crippen LogP contribution in [0.5, 0.6) is 0 Å². The van der Waals surface area contributed by atoms with Gasteiger partial charge in [0.05, 0.1) is 28.4 Å². The molecule has 0 N–H and O–H groups in total. The SMILES string of the molecule is C/C=C\c1nc2cc(F)ccc2cc1[C@H](C)N1C(=O)c2ccccc2C1=O. The highest BCUT2D eigenvalue weighted by Gasteiger charge is 2.39. The number of rotatable bonds is 3. The molecule has 1 aliphatic heterocycles. The summed E-state index contributed by atoms with van der Waals surface area (Å²) in [4.78, 5) is 31.4. The minimum Gasteiger partial charge on any atom is -0.269 e. The van der Waals surface area contributed by atoms with E-state index in [9.17, 15) is 14.0 Å². The number of fused-ring (bicyclic) bond motifs is 2. The van der Waals surface area contributed by atoms with Crippen molar-refractivity contribution in [2.24, 2.45) is 0 Å². The first-order valence-corrected chi connectivity index (χ1v) is 8.71. The van der Waals surface area contributed by atoms with Crippen molar-refractivity contribution in [3.8, 4) is 0 Å². The molecule has 0 fully saturated rings. The molecule has 1 aliphatic rings. The van der Waals surface area contributed by atoms with Crippen LogP contribution in [-0.2, 0) is 0 Å². The van der Waals surface area contributed by atoms with Gasteiger partial charge < -0.3 is 0 Å². The van der Waals surface area contributed by atoms with Crippen molar-refractivity contribution in [3.05, 3.63) is 82.8 Å². The second-order valence-electron chi connectivity index (χ2n) is 6.50. The van der Waals surface area contributed by atoms with Gasteiger partial charge >= 0.3 is 0 Å². The molecule has 0 radical (unpaired) electrons. The van der Waals surface area contributed by atoms with E-state index in [1.807, 2.05) is 19.1 Å². The third-order valence-electron chi connectivity index (χ3n) is 4.83. The second-order valence-corrected chi connectivity index (χ2v) is 6.50. The van der Waals surface area contributed by atoms with Crippen LogP contribution in [0.15, 0.2) is 54.6 Å². The number of pyridine rings is 1. The Balaban J connectivity index is 1.84. The van der Waals surface area contributed by atoms with Crippen LogP contribution in [-0.4, -0.2) is 21.7 Å². The maximum Gasteiger partial charge on any atom is 0.262 e. The van der Waals surface area contributed by atoms with E-state index < -0.39 is 6.04 Å². The zero-order valence-electron chi connectivity index (χ0n) is 14.9. The molecule has 0 aliphatic carbocycles. The fourth-order valence-electron chi connectivity index (χ4n) is 3.50. The number of carbonyl (C=O) groups is 2. The minimum atomic E-state index is -0.509. The lowest BCUT2D eigenvalue weighted by Crippen LogP contribution is -2.33. The van der Waals surface area contributed by atoms with Crippen LogP contribution >= 0.6 is 0 Å². The Hall–Kier alpha value is -3.34. The van der Waals surface area contributed by atoms with Crippen molar-refractivity contribution in [3.63, 3.8) is 0 Å². The van der Waals surface area contributed by atoms with Gasteiger partial charge in [-0.25, -0.2) is 9.37 Å². The third kappa shape index (κ3) is 2.72. The highest BCUT2D eigenvalue weighted by Crippen LogP contribution is 2.33. The van der Waals surface area contributed by atoms with Crippen molar-refractivity contribution in [1.82, 2.24) is 9.88 Å². The molecule has 1 atom stereocenters. The van der Waals surface area contributed by atoms with Crippen molar-refractivity contribution < 1.29 is 14.0 Å². The Morgan fingerprint density at radius 2 is 1.70 bits per heavy atom. The molecule has 3 aromatic rings. The lowest BCUT2D eigenvalue weighted by atomic mass is 10.0. The van der Waals surface area contributed by atoms with Gasteiger partial charge in [-0.2, -0.15) is 0 Å². The highest BCUT2D eigenvalue weighted by molar-refractivity contribution is 6.21. The van der Waals surface area contributed by atoms with Gasteiger partial charge in [0, 0.05) is 17.0 Å². The molecule has 1 aromatic heterocycles. The number of allylic oxidation sites excluding steroid dienone is 1. The molecule has 0 spiro atoms. The van der Waals surface area contributed by atoms with E-state index >= 15 is 0 Å².